The third kappa shape index (κ3) is 3.81. The highest BCUT2D eigenvalue weighted by molar-refractivity contribution is 6.04. The number of nitrogen functional groups attached to an aromatic ring is 1. The number of nitrogens with zero attached hydrogens (tertiary/aromatic N) is 3. The molecule has 0 aliphatic heterocycles. The topological polar surface area (TPSA) is 85.8 Å². The lowest BCUT2D eigenvalue weighted by atomic mass is 10.1. The van der Waals surface area contributed by atoms with Crippen molar-refractivity contribution < 1.29 is 4.79 Å². The summed E-state index contributed by atoms with van der Waals surface area (Å²) >= 11 is 0. The Balaban J connectivity index is 1.60. The Labute approximate surface area is 185 Å². The fourth-order valence-corrected chi connectivity index (χ4v) is 3.52. The van der Waals surface area contributed by atoms with Gasteiger partial charge in [0.25, 0.3) is 5.91 Å². The second-order valence-corrected chi connectivity index (χ2v) is 7.63. The zero-order chi connectivity index (χ0) is 22.1. The summed E-state index contributed by atoms with van der Waals surface area (Å²) < 4.78 is 1.59. The lowest BCUT2D eigenvalue weighted by molar-refractivity contribution is 0.101. The van der Waals surface area contributed by atoms with Crippen molar-refractivity contribution in [3.8, 4) is 17.1 Å². The number of fused-ring (bicyclic) bond motifs is 1. The van der Waals surface area contributed by atoms with Crippen LogP contribution in [-0.4, -0.2) is 20.7 Å². The second-order valence-electron chi connectivity index (χ2n) is 7.63. The molecule has 0 unspecified atom stereocenters. The minimum absolute atomic E-state index is 0.282. The van der Waals surface area contributed by atoms with Crippen LogP contribution in [0.5, 0.6) is 0 Å². The van der Waals surface area contributed by atoms with E-state index in [4.69, 9.17) is 15.8 Å². The standard InChI is InChI=1S/C26H21N5O/c1-17-6-8-19(9-7-17)23-16-24(26(32)28-21-13-11-20(27)12-14-21)31(30-23)25-15-10-18-4-2-3-5-22(18)29-25/h2-16H,27H2,1H3,(H,28,32). The molecule has 0 saturated heterocycles. The van der Waals surface area contributed by atoms with Crippen molar-refractivity contribution in [2.45, 2.75) is 6.92 Å². The average molecular weight is 419 g/mol. The molecule has 2 aromatic heterocycles. The van der Waals surface area contributed by atoms with Crippen molar-refractivity contribution >= 4 is 28.2 Å². The van der Waals surface area contributed by atoms with Crippen LogP contribution in [0, 0.1) is 6.92 Å². The maximum absolute atomic E-state index is 13.2. The smallest absolute Gasteiger partial charge is 0.274 e. The number of anilines is 2. The van der Waals surface area contributed by atoms with Gasteiger partial charge in [-0.3, -0.25) is 4.79 Å². The molecule has 156 valence electrons. The number of aryl methyl sites for hydroxylation is 1. The Morgan fingerprint density at radius 3 is 2.44 bits per heavy atom. The Hall–Kier alpha value is -4.45. The molecule has 1 amide bonds. The van der Waals surface area contributed by atoms with Gasteiger partial charge in [-0.2, -0.15) is 5.10 Å². The normalized spacial score (nSPS) is 10.9. The van der Waals surface area contributed by atoms with Crippen LogP contribution < -0.4 is 11.1 Å². The highest BCUT2D eigenvalue weighted by Crippen LogP contribution is 2.24. The van der Waals surface area contributed by atoms with Gasteiger partial charge in [0.1, 0.15) is 5.69 Å². The molecule has 3 N–H and O–H groups in total. The van der Waals surface area contributed by atoms with Crippen LogP contribution in [-0.2, 0) is 0 Å². The van der Waals surface area contributed by atoms with Crippen molar-refractivity contribution in [1.82, 2.24) is 14.8 Å². The van der Waals surface area contributed by atoms with Crippen molar-refractivity contribution in [3.63, 3.8) is 0 Å². The number of nitrogens with two attached hydrogens (primary N) is 1. The lowest BCUT2D eigenvalue weighted by Gasteiger charge is -2.09. The second kappa shape index (κ2) is 8.00. The summed E-state index contributed by atoms with van der Waals surface area (Å²) in [4.78, 5) is 18.0. The fourth-order valence-electron chi connectivity index (χ4n) is 3.52. The predicted octanol–water partition coefficient (Wildman–Crippen LogP) is 5.23. The number of carbonyl (C=O) groups excluding carboxylic acids is 1. The summed E-state index contributed by atoms with van der Waals surface area (Å²) in [5, 5.41) is 8.68. The number of aromatic nitrogens is 3. The van der Waals surface area contributed by atoms with E-state index in [1.54, 1.807) is 35.0 Å². The summed E-state index contributed by atoms with van der Waals surface area (Å²) in [5.74, 6) is 0.292. The molecule has 0 spiro atoms. The third-order valence-electron chi connectivity index (χ3n) is 5.26. The van der Waals surface area contributed by atoms with E-state index in [1.165, 1.54) is 0 Å². The van der Waals surface area contributed by atoms with Crippen molar-refractivity contribution in [2.75, 3.05) is 11.1 Å². The molecule has 0 aliphatic rings. The van der Waals surface area contributed by atoms with Crippen LogP contribution in [0.25, 0.3) is 28.0 Å². The summed E-state index contributed by atoms with van der Waals surface area (Å²) in [6.07, 6.45) is 0. The van der Waals surface area contributed by atoms with Crippen LogP contribution in [0.2, 0.25) is 0 Å². The van der Waals surface area contributed by atoms with E-state index in [-0.39, 0.29) is 5.91 Å². The number of hydrogen-bond donors (Lipinski definition) is 2. The van der Waals surface area contributed by atoms with Gasteiger partial charge in [0.05, 0.1) is 11.2 Å². The van der Waals surface area contributed by atoms with E-state index in [1.807, 2.05) is 67.6 Å². The number of pyridine rings is 1. The first-order chi connectivity index (χ1) is 15.6. The first-order valence-electron chi connectivity index (χ1n) is 10.3. The molecule has 3 aromatic carbocycles. The number of hydrogen-bond acceptors (Lipinski definition) is 4. The van der Waals surface area contributed by atoms with Crippen molar-refractivity contribution in [1.29, 1.82) is 0 Å². The number of rotatable bonds is 4. The first kappa shape index (κ1) is 19.5. The molecular weight excluding hydrogens is 398 g/mol. The third-order valence-corrected chi connectivity index (χ3v) is 5.26. The van der Waals surface area contributed by atoms with Gasteiger partial charge in [0.2, 0.25) is 0 Å². The molecule has 5 rings (SSSR count). The van der Waals surface area contributed by atoms with Crippen molar-refractivity contribution in [2.24, 2.45) is 0 Å². The monoisotopic (exact) mass is 419 g/mol. The summed E-state index contributed by atoms with van der Waals surface area (Å²) in [6, 6.07) is 28.6. The average Bonchev–Trinajstić information content (AvgIpc) is 3.26. The molecule has 6 nitrogen and oxygen atoms in total. The van der Waals surface area contributed by atoms with E-state index in [0.717, 1.165) is 22.0 Å². The maximum atomic E-state index is 13.2. The summed E-state index contributed by atoms with van der Waals surface area (Å²) in [7, 11) is 0. The maximum Gasteiger partial charge on any atom is 0.274 e. The van der Waals surface area contributed by atoms with Gasteiger partial charge in [-0.25, -0.2) is 9.67 Å². The number of benzene rings is 3. The number of carbonyl (C=O) groups is 1. The van der Waals surface area contributed by atoms with Gasteiger partial charge in [-0.1, -0.05) is 48.0 Å². The number of para-hydroxylation sites is 1. The Morgan fingerprint density at radius 1 is 0.906 bits per heavy atom. The van der Waals surface area contributed by atoms with Gasteiger partial charge in [0.15, 0.2) is 5.82 Å². The summed E-state index contributed by atoms with van der Waals surface area (Å²) in [5.41, 5.74) is 11.1. The van der Waals surface area contributed by atoms with Crippen LogP contribution >= 0.6 is 0 Å². The molecule has 2 heterocycles. The first-order valence-corrected chi connectivity index (χ1v) is 10.3. The van der Waals surface area contributed by atoms with E-state index < -0.39 is 0 Å². The van der Waals surface area contributed by atoms with Gasteiger partial charge in [-0.05, 0) is 55.5 Å². The largest absolute Gasteiger partial charge is 0.399 e. The molecule has 6 heteroatoms. The highest BCUT2D eigenvalue weighted by Gasteiger charge is 2.19. The van der Waals surface area contributed by atoms with E-state index >= 15 is 0 Å². The van der Waals surface area contributed by atoms with Crippen LogP contribution in [0.4, 0.5) is 11.4 Å². The molecule has 0 saturated carbocycles. The Morgan fingerprint density at radius 2 is 1.66 bits per heavy atom. The number of nitrogens with one attached hydrogen (secondary N) is 1. The van der Waals surface area contributed by atoms with Gasteiger partial charge >= 0.3 is 0 Å². The Kier molecular flexibility index (Phi) is 4.88. The Bertz CT molecular complexity index is 1420. The molecule has 0 bridgehead atoms. The van der Waals surface area contributed by atoms with Gasteiger partial charge in [0, 0.05) is 22.3 Å². The summed E-state index contributed by atoms with van der Waals surface area (Å²) in [6.45, 7) is 2.03. The molecule has 5 aromatic rings. The van der Waals surface area contributed by atoms with E-state index in [2.05, 4.69) is 5.32 Å². The minimum Gasteiger partial charge on any atom is -0.399 e. The zero-order valence-corrected chi connectivity index (χ0v) is 17.5. The van der Waals surface area contributed by atoms with Crippen LogP contribution in [0.3, 0.4) is 0 Å². The van der Waals surface area contributed by atoms with Crippen LogP contribution in [0.1, 0.15) is 16.1 Å². The molecule has 0 aliphatic carbocycles. The van der Waals surface area contributed by atoms with Gasteiger partial charge < -0.3 is 11.1 Å². The molecule has 32 heavy (non-hydrogen) atoms. The zero-order valence-electron chi connectivity index (χ0n) is 17.5. The quantitative estimate of drug-likeness (QED) is 0.391. The molecule has 0 atom stereocenters. The fraction of sp³-hybridized carbons (Fsp3) is 0.0385. The SMILES string of the molecule is Cc1ccc(-c2cc(C(=O)Nc3ccc(N)cc3)n(-c3ccc4ccccc4n3)n2)cc1. The molecular formula is C26H21N5O. The predicted molar refractivity (Wildman–Crippen MR) is 128 cm³/mol. The molecule has 0 radical (unpaired) electrons. The lowest BCUT2D eigenvalue weighted by Crippen LogP contribution is -2.17. The molecule has 0 fully saturated rings. The van der Waals surface area contributed by atoms with E-state index in [9.17, 15) is 4.79 Å². The minimum atomic E-state index is -0.282. The van der Waals surface area contributed by atoms with Gasteiger partial charge in [-0.15, -0.1) is 0 Å². The van der Waals surface area contributed by atoms with E-state index in [0.29, 0.717) is 28.6 Å². The highest BCUT2D eigenvalue weighted by atomic mass is 16.2. The van der Waals surface area contributed by atoms with Crippen molar-refractivity contribution in [3.05, 3.63) is 102 Å². The van der Waals surface area contributed by atoms with Crippen LogP contribution in [0.15, 0.2) is 91.0 Å². The number of amides is 1.